The second-order valence-electron chi connectivity index (χ2n) is 6.35. The molecule has 0 radical (unpaired) electrons. The molecule has 0 atom stereocenters. The summed E-state index contributed by atoms with van der Waals surface area (Å²) in [5.74, 6) is -2.62. The maximum atomic E-state index is 12.1. The predicted octanol–water partition coefficient (Wildman–Crippen LogP) is -0.816. The van der Waals surface area contributed by atoms with Crippen molar-refractivity contribution >= 4 is 34.6 Å². The van der Waals surface area contributed by atoms with E-state index in [-0.39, 0.29) is 25.4 Å². The highest BCUT2D eigenvalue weighted by molar-refractivity contribution is 5.89. The molecule has 0 aliphatic heterocycles. The number of amides is 3. The SMILES string of the molecule is CNCc1cc2ccccc2n1CCC(=O)NCC(=O)NCC(=O)NCC(=O)O. The van der Waals surface area contributed by atoms with Gasteiger partial charge in [-0.05, 0) is 24.6 Å². The summed E-state index contributed by atoms with van der Waals surface area (Å²) >= 11 is 0. The highest BCUT2D eigenvalue weighted by atomic mass is 16.4. The molecule has 2 aromatic rings. The largest absolute Gasteiger partial charge is 0.480 e. The molecule has 3 amide bonds. The van der Waals surface area contributed by atoms with E-state index in [1.807, 2.05) is 31.3 Å². The van der Waals surface area contributed by atoms with Crippen LogP contribution in [0.5, 0.6) is 0 Å². The van der Waals surface area contributed by atoms with Crippen LogP contribution >= 0.6 is 0 Å². The maximum absolute atomic E-state index is 12.1. The highest BCUT2D eigenvalue weighted by Gasteiger charge is 2.11. The van der Waals surface area contributed by atoms with Gasteiger partial charge in [0.2, 0.25) is 17.7 Å². The fraction of sp³-hybridized carbons (Fsp3) is 0.368. The summed E-state index contributed by atoms with van der Waals surface area (Å²) in [7, 11) is 1.86. The Morgan fingerprint density at radius 3 is 2.21 bits per heavy atom. The topological polar surface area (TPSA) is 142 Å². The molecule has 0 aliphatic rings. The van der Waals surface area contributed by atoms with Crippen molar-refractivity contribution in [1.82, 2.24) is 25.8 Å². The van der Waals surface area contributed by atoms with Crippen LogP contribution in [0.2, 0.25) is 0 Å². The van der Waals surface area contributed by atoms with Crippen molar-refractivity contribution in [2.75, 3.05) is 26.7 Å². The molecule has 1 aromatic carbocycles. The van der Waals surface area contributed by atoms with Gasteiger partial charge in [-0.1, -0.05) is 18.2 Å². The molecule has 10 heteroatoms. The van der Waals surface area contributed by atoms with Crippen LogP contribution < -0.4 is 21.3 Å². The Morgan fingerprint density at radius 1 is 0.931 bits per heavy atom. The minimum absolute atomic E-state index is 0.196. The van der Waals surface area contributed by atoms with Crippen molar-refractivity contribution in [3.05, 3.63) is 36.0 Å². The van der Waals surface area contributed by atoms with Crippen LogP contribution in [-0.4, -0.2) is 60.0 Å². The number of carboxylic acids is 1. The molecule has 2 rings (SSSR count). The zero-order valence-corrected chi connectivity index (χ0v) is 16.2. The van der Waals surface area contributed by atoms with Crippen LogP contribution in [-0.2, 0) is 32.3 Å². The van der Waals surface area contributed by atoms with Crippen molar-refractivity contribution in [3.8, 4) is 0 Å². The Labute approximate surface area is 167 Å². The second-order valence-corrected chi connectivity index (χ2v) is 6.35. The number of aromatic nitrogens is 1. The Bertz CT molecular complexity index is 892. The van der Waals surface area contributed by atoms with Crippen LogP contribution in [0.4, 0.5) is 0 Å². The van der Waals surface area contributed by atoms with Gasteiger partial charge in [0, 0.05) is 30.7 Å². The summed E-state index contributed by atoms with van der Waals surface area (Å²) in [6, 6.07) is 9.99. The first-order chi connectivity index (χ1) is 13.9. The molecule has 0 unspecified atom stereocenters. The number of hydrogen-bond donors (Lipinski definition) is 5. The van der Waals surface area contributed by atoms with Crippen molar-refractivity contribution < 1.29 is 24.3 Å². The molecule has 29 heavy (non-hydrogen) atoms. The van der Waals surface area contributed by atoms with E-state index < -0.39 is 24.3 Å². The number of fused-ring (bicyclic) bond motifs is 1. The van der Waals surface area contributed by atoms with E-state index in [2.05, 4.69) is 31.9 Å². The molecule has 0 bridgehead atoms. The number of nitrogens with zero attached hydrogens (tertiary/aromatic N) is 1. The lowest BCUT2D eigenvalue weighted by molar-refractivity contribution is -0.137. The highest BCUT2D eigenvalue weighted by Crippen LogP contribution is 2.20. The third-order valence-corrected chi connectivity index (χ3v) is 4.15. The average Bonchev–Trinajstić information content (AvgIpc) is 3.05. The van der Waals surface area contributed by atoms with Crippen LogP contribution in [0, 0.1) is 0 Å². The molecule has 0 fully saturated rings. The number of aliphatic carboxylic acids is 1. The van der Waals surface area contributed by atoms with Gasteiger partial charge in [-0.2, -0.15) is 0 Å². The van der Waals surface area contributed by atoms with Crippen LogP contribution in [0.3, 0.4) is 0 Å². The molecular formula is C19H25N5O5. The average molecular weight is 403 g/mol. The molecule has 156 valence electrons. The Morgan fingerprint density at radius 2 is 1.55 bits per heavy atom. The third-order valence-electron chi connectivity index (χ3n) is 4.15. The first-order valence-corrected chi connectivity index (χ1v) is 9.14. The lowest BCUT2D eigenvalue weighted by Crippen LogP contribution is -2.43. The van der Waals surface area contributed by atoms with E-state index >= 15 is 0 Å². The van der Waals surface area contributed by atoms with Crippen molar-refractivity contribution in [2.24, 2.45) is 0 Å². The number of carboxylic acid groups (broad SMARTS) is 1. The van der Waals surface area contributed by atoms with E-state index in [9.17, 15) is 19.2 Å². The van der Waals surface area contributed by atoms with E-state index in [0.717, 1.165) is 16.6 Å². The van der Waals surface area contributed by atoms with Crippen LogP contribution in [0.15, 0.2) is 30.3 Å². The molecule has 5 N–H and O–H groups in total. The van der Waals surface area contributed by atoms with Crippen LogP contribution in [0.1, 0.15) is 12.1 Å². The monoisotopic (exact) mass is 403 g/mol. The van der Waals surface area contributed by atoms with Crippen molar-refractivity contribution in [2.45, 2.75) is 19.5 Å². The minimum atomic E-state index is -1.18. The zero-order chi connectivity index (χ0) is 21.2. The van der Waals surface area contributed by atoms with E-state index in [1.54, 1.807) is 0 Å². The molecule has 0 spiro atoms. The van der Waals surface area contributed by atoms with Crippen LogP contribution in [0.25, 0.3) is 10.9 Å². The molecule has 1 aromatic heterocycles. The number of rotatable bonds is 11. The summed E-state index contributed by atoms with van der Waals surface area (Å²) in [6.45, 7) is -0.00116. The number of hydrogen-bond acceptors (Lipinski definition) is 5. The molecule has 10 nitrogen and oxygen atoms in total. The number of carbonyl (C=O) groups excluding carboxylic acids is 3. The zero-order valence-electron chi connectivity index (χ0n) is 16.2. The lowest BCUT2D eigenvalue weighted by Gasteiger charge is -2.11. The molecule has 1 heterocycles. The number of benzene rings is 1. The molecule has 0 saturated carbocycles. The van der Waals surface area contributed by atoms with Gasteiger partial charge >= 0.3 is 5.97 Å². The van der Waals surface area contributed by atoms with Gasteiger partial charge in [-0.25, -0.2) is 0 Å². The number of carbonyl (C=O) groups is 4. The number of para-hydroxylation sites is 1. The predicted molar refractivity (Wildman–Crippen MR) is 106 cm³/mol. The summed E-state index contributed by atoms with van der Waals surface area (Å²) in [6.07, 6.45) is 0.196. The van der Waals surface area contributed by atoms with Gasteiger partial charge in [0.15, 0.2) is 0 Å². The lowest BCUT2D eigenvalue weighted by atomic mass is 10.2. The fourth-order valence-corrected chi connectivity index (χ4v) is 2.82. The molecular weight excluding hydrogens is 378 g/mol. The normalized spacial score (nSPS) is 10.5. The van der Waals surface area contributed by atoms with Gasteiger partial charge in [0.1, 0.15) is 6.54 Å². The smallest absolute Gasteiger partial charge is 0.322 e. The van der Waals surface area contributed by atoms with Gasteiger partial charge in [-0.15, -0.1) is 0 Å². The van der Waals surface area contributed by atoms with Gasteiger partial charge < -0.3 is 30.9 Å². The second kappa shape index (κ2) is 10.8. The van der Waals surface area contributed by atoms with Gasteiger partial charge in [0.25, 0.3) is 0 Å². The summed E-state index contributed by atoms with van der Waals surface area (Å²) in [4.78, 5) is 45.5. The first kappa shape index (κ1) is 21.9. The van der Waals surface area contributed by atoms with E-state index in [1.165, 1.54) is 0 Å². The summed E-state index contributed by atoms with van der Waals surface area (Å²) in [5.41, 5.74) is 2.10. The summed E-state index contributed by atoms with van der Waals surface area (Å²) < 4.78 is 2.07. The van der Waals surface area contributed by atoms with Crippen molar-refractivity contribution in [1.29, 1.82) is 0 Å². The number of aryl methyl sites for hydroxylation is 1. The Hall–Kier alpha value is -3.40. The first-order valence-electron chi connectivity index (χ1n) is 9.14. The van der Waals surface area contributed by atoms with E-state index in [0.29, 0.717) is 13.1 Å². The standard InChI is InChI=1S/C19H25N5O5/c1-20-9-14-8-13-4-2-3-5-15(13)24(14)7-6-16(25)21-10-17(26)22-11-18(27)23-12-19(28)29/h2-5,8,20H,6-7,9-12H2,1H3,(H,21,25)(H,22,26)(H,23,27)(H,28,29). The third kappa shape index (κ3) is 6.92. The van der Waals surface area contributed by atoms with Crippen molar-refractivity contribution in [3.63, 3.8) is 0 Å². The van der Waals surface area contributed by atoms with E-state index in [4.69, 9.17) is 5.11 Å². The fourth-order valence-electron chi connectivity index (χ4n) is 2.82. The van der Waals surface area contributed by atoms with Gasteiger partial charge in [-0.3, -0.25) is 19.2 Å². The Balaban J connectivity index is 1.78. The minimum Gasteiger partial charge on any atom is -0.480 e. The molecule has 0 saturated heterocycles. The summed E-state index contributed by atoms with van der Waals surface area (Å²) in [5, 5.41) is 19.6. The Kier molecular flexibility index (Phi) is 8.16. The molecule has 0 aliphatic carbocycles. The number of nitrogens with one attached hydrogen (secondary N) is 4. The maximum Gasteiger partial charge on any atom is 0.322 e. The van der Waals surface area contributed by atoms with Gasteiger partial charge in [0.05, 0.1) is 13.1 Å². The quantitative estimate of drug-likeness (QED) is 0.332.